The summed E-state index contributed by atoms with van der Waals surface area (Å²) >= 11 is 0. The molecule has 0 spiro atoms. The van der Waals surface area contributed by atoms with Gasteiger partial charge < -0.3 is 9.47 Å². The third-order valence-electron chi connectivity index (χ3n) is 3.32. The van der Waals surface area contributed by atoms with Gasteiger partial charge in [-0.2, -0.15) is 0 Å². The molecule has 0 atom stereocenters. The summed E-state index contributed by atoms with van der Waals surface area (Å²) in [7, 11) is 1.40. The van der Waals surface area contributed by atoms with Crippen molar-refractivity contribution in [2.24, 2.45) is 5.92 Å². The number of hydrogen-bond donors (Lipinski definition) is 1. The molecule has 0 amide bonds. The average Bonchev–Trinajstić information content (AvgIpc) is 2.45. The predicted octanol–water partition coefficient (Wildman–Crippen LogP) is 3.15. The molecule has 0 radical (unpaired) electrons. The highest BCUT2D eigenvalue weighted by molar-refractivity contribution is 5.79. The maximum Gasteiger partial charge on any atom is 0.325 e. The Morgan fingerprint density at radius 3 is 2.38 bits per heavy atom. The number of hydrogen-bond acceptors (Lipinski definition) is 4. The van der Waals surface area contributed by atoms with Gasteiger partial charge in [-0.05, 0) is 43.9 Å². The molecule has 21 heavy (non-hydrogen) atoms. The zero-order valence-corrected chi connectivity index (χ0v) is 13.7. The molecule has 0 saturated heterocycles. The van der Waals surface area contributed by atoms with Crippen molar-refractivity contribution in [2.75, 3.05) is 13.7 Å². The number of benzene rings is 1. The van der Waals surface area contributed by atoms with Gasteiger partial charge >= 0.3 is 5.97 Å². The van der Waals surface area contributed by atoms with E-state index in [-0.39, 0.29) is 5.97 Å². The number of methoxy groups -OCH3 is 1. The summed E-state index contributed by atoms with van der Waals surface area (Å²) in [6, 6.07) is 7.93. The van der Waals surface area contributed by atoms with Crippen LogP contribution in [0.5, 0.6) is 5.75 Å². The van der Waals surface area contributed by atoms with Crippen LogP contribution in [0.15, 0.2) is 24.3 Å². The summed E-state index contributed by atoms with van der Waals surface area (Å²) in [5.41, 5.74) is 0.407. The van der Waals surface area contributed by atoms with Crippen molar-refractivity contribution in [3.8, 4) is 5.75 Å². The Balaban J connectivity index is 2.46. The standard InChI is InChI=1S/C17H27NO3/c1-13(2)10-11-21-15-8-6-14(7-9-15)12-18-17(3,4)16(19)20-5/h6-9,13,18H,10-12H2,1-5H3. The number of nitrogens with one attached hydrogen (secondary N) is 1. The third-order valence-corrected chi connectivity index (χ3v) is 3.32. The Bertz CT molecular complexity index is 438. The number of carbonyl (C=O) groups excluding carboxylic acids is 1. The van der Waals surface area contributed by atoms with Gasteiger partial charge in [-0.3, -0.25) is 10.1 Å². The van der Waals surface area contributed by atoms with Crippen LogP contribution in [0.2, 0.25) is 0 Å². The fourth-order valence-electron chi connectivity index (χ4n) is 1.77. The minimum absolute atomic E-state index is 0.267. The first-order valence-electron chi connectivity index (χ1n) is 7.40. The molecule has 0 heterocycles. The highest BCUT2D eigenvalue weighted by atomic mass is 16.5. The quantitative estimate of drug-likeness (QED) is 0.748. The summed E-state index contributed by atoms with van der Waals surface area (Å²) < 4.78 is 10.4. The molecule has 0 aliphatic rings. The first-order valence-corrected chi connectivity index (χ1v) is 7.40. The van der Waals surface area contributed by atoms with E-state index in [1.54, 1.807) is 0 Å². The molecule has 118 valence electrons. The Hall–Kier alpha value is -1.55. The van der Waals surface area contributed by atoms with Crippen LogP contribution >= 0.6 is 0 Å². The zero-order chi connectivity index (χ0) is 15.9. The van der Waals surface area contributed by atoms with E-state index < -0.39 is 5.54 Å². The summed E-state index contributed by atoms with van der Waals surface area (Å²) in [6.07, 6.45) is 1.05. The van der Waals surface area contributed by atoms with Gasteiger partial charge in [0.2, 0.25) is 0 Å². The van der Waals surface area contributed by atoms with Crippen LogP contribution in [0.3, 0.4) is 0 Å². The van der Waals surface area contributed by atoms with Gasteiger partial charge in [0, 0.05) is 6.54 Å². The monoisotopic (exact) mass is 293 g/mol. The Kier molecular flexibility index (Phi) is 6.69. The third kappa shape index (κ3) is 6.17. The van der Waals surface area contributed by atoms with Crippen LogP contribution in [0.4, 0.5) is 0 Å². The van der Waals surface area contributed by atoms with Crippen molar-refractivity contribution in [3.05, 3.63) is 29.8 Å². The highest BCUT2D eigenvalue weighted by Gasteiger charge is 2.27. The van der Waals surface area contributed by atoms with Gasteiger partial charge in [0.1, 0.15) is 11.3 Å². The molecular formula is C17H27NO3. The molecule has 1 N–H and O–H groups in total. The Morgan fingerprint density at radius 2 is 1.86 bits per heavy atom. The van der Waals surface area contributed by atoms with E-state index >= 15 is 0 Å². The molecule has 1 aromatic carbocycles. The van der Waals surface area contributed by atoms with Crippen LogP contribution in [-0.2, 0) is 16.1 Å². The molecule has 0 aromatic heterocycles. The molecule has 4 heteroatoms. The van der Waals surface area contributed by atoms with Crippen molar-refractivity contribution < 1.29 is 14.3 Å². The van der Waals surface area contributed by atoms with Crippen LogP contribution in [0, 0.1) is 5.92 Å². The fourth-order valence-corrected chi connectivity index (χ4v) is 1.77. The van der Waals surface area contributed by atoms with Crippen molar-refractivity contribution in [2.45, 2.75) is 46.2 Å². The zero-order valence-electron chi connectivity index (χ0n) is 13.7. The molecule has 4 nitrogen and oxygen atoms in total. The molecule has 1 aromatic rings. The molecule has 0 aliphatic carbocycles. The topological polar surface area (TPSA) is 47.6 Å². The maximum absolute atomic E-state index is 11.6. The summed E-state index contributed by atoms with van der Waals surface area (Å²) in [4.78, 5) is 11.6. The number of ether oxygens (including phenoxy) is 2. The van der Waals surface area contributed by atoms with E-state index in [2.05, 4.69) is 19.2 Å². The van der Waals surface area contributed by atoms with Crippen molar-refractivity contribution in [1.82, 2.24) is 5.32 Å². The van der Waals surface area contributed by atoms with Gasteiger partial charge in [0.25, 0.3) is 0 Å². The van der Waals surface area contributed by atoms with E-state index in [0.717, 1.165) is 24.3 Å². The molecule has 1 rings (SSSR count). The normalized spacial score (nSPS) is 11.5. The smallest absolute Gasteiger partial charge is 0.325 e. The van der Waals surface area contributed by atoms with E-state index in [1.807, 2.05) is 38.1 Å². The molecule has 0 bridgehead atoms. The predicted molar refractivity (Wildman–Crippen MR) is 84.3 cm³/mol. The number of carbonyl (C=O) groups is 1. The van der Waals surface area contributed by atoms with Gasteiger partial charge in [0.05, 0.1) is 13.7 Å². The molecule has 0 unspecified atom stereocenters. The first kappa shape index (κ1) is 17.5. The SMILES string of the molecule is COC(=O)C(C)(C)NCc1ccc(OCCC(C)C)cc1. The van der Waals surface area contributed by atoms with Crippen LogP contribution < -0.4 is 10.1 Å². The molecule has 0 fully saturated rings. The van der Waals surface area contributed by atoms with Crippen LogP contribution in [0.1, 0.15) is 39.7 Å². The van der Waals surface area contributed by atoms with E-state index in [0.29, 0.717) is 12.5 Å². The van der Waals surface area contributed by atoms with Crippen LogP contribution in [0.25, 0.3) is 0 Å². The van der Waals surface area contributed by atoms with E-state index in [1.165, 1.54) is 7.11 Å². The van der Waals surface area contributed by atoms with Crippen molar-refractivity contribution in [3.63, 3.8) is 0 Å². The summed E-state index contributed by atoms with van der Waals surface area (Å²) in [5, 5.41) is 3.19. The molecule has 0 aliphatic heterocycles. The Morgan fingerprint density at radius 1 is 1.24 bits per heavy atom. The van der Waals surface area contributed by atoms with Crippen molar-refractivity contribution >= 4 is 5.97 Å². The molecule has 0 saturated carbocycles. The van der Waals surface area contributed by atoms with Gasteiger partial charge in [-0.25, -0.2) is 0 Å². The lowest BCUT2D eigenvalue weighted by atomic mass is 10.1. The fraction of sp³-hybridized carbons (Fsp3) is 0.588. The largest absolute Gasteiger partial charge is 0.494 e. The van der Waals surface area contributed by atoms with Gasteiger partial charge in [0.15, 0.2) is 0 Å². The van der Waals surface area contributed by atoms with Crippen molar-refractivity contribution in [1.29, 1.82) is 0 Å². The van der Waals surface area contributed by atoms with Gasteiger partial charge in [-0.15, -0.1) is 0 Å². The number of esters is 1. The minimum Gasteiger partial charge on any atom is -0.494 e. The van der Waals surface area contributed by atoms with E-state index in [4.69, 9.17) is 9.47 Å². The average molecular weight is 293 g/mol. The second kappa shape index (κ2) is 8.03. The lowest BCUT2D eigenvalue weighted by molar-refractivity contribution is -0.147. The maximum atomic E-state index is 11.6. The first-order chi connectivity index (χ1) is 9.85. The van der Waals surface area contributed by atoms with Crippen LogP contribution in [-0.4, -0.2) is 25.2 Å². The molecular weight excluding hydrogens is 266 g/mol. The van der Waals surface area contributed by atoms with Gasteiger partial charge in [-0.1, -0.05) is 26.0 Å². The second-order valence-electron chi connectivity index (χ2n) is 6.15. The highest BCUT2D eigenvalue weighted by Crippen LogP contribution is 2.14. The lowest BCUT2D eigenvalue weighted by Crippen LogP contribution is -2.46. The van der Waals surface area contributed by atoms with E-state index in [9.17, 15) is 4.79 Å². The number of rotatable bonds is 8. The Labute approximate surface area is 127 Å². The minimum atomic E-state index is -0.693. The lowest BCUT2D eigenvalue weighted by Gasteiger charge is -2.23. The summed E-state index contributed by atoms with van der Waals surface area (Å²) in [5.74, 6) is 1.26. The summed E-state index contributed by atoms with van der Waals surface area (Å²) in [6.45, 7) is 9.33. The second-order valence-corrected chi connectivity index (χ2v) is 6.15.